The standard InChI is InChI=1S/C18H20N4O5/c23-14-13(21-18(27)22-17(14)26)16(25)20-12-8-6-11(7-9-12)19-15(24)10-4-2-1-3-5-10/h1-5,11-12,23H,6-9H2,(H,19,24)(H,20,25)(H2,21,22,26,27)/t11-,12-. The fourth-order valence-electron chi connectivity index (χ4n) is 3.14. The van der Waals surface area contributed by atoms with E-state index in [-0.39, 0.29) is 18.0 Å². The summed E-state index contributed by atoms with van der Waals surface area (Å²) in [5.41, 5.74) is -1.74. The summed E-state index contributed by atoms with van der Waals surface area (Å²) in [4.78, 5) is 51.0. The lowest BCUT2D eigenvalue weighted by atomic mass is 9.91. The Labute approximate surface area is 153 Å². The van der Waals surface area contributed by atoms with Crippen molar-refractivity contribution in [3.8, 4) is 5.75 Å². The van der Waals surface area contributed by atoms with Gasteiger partial charge in [-0.05, 0) is 37.8 Å². The molecular weight excluding hydrogens is 352 g/mol. The SMILES string of the molecule is O=C(N[C@H]1CC[C@H](NC(=O)c2[nH]c(=O)[nH]c(=O)c2O)CC1)c1ccccc1. The molecule has 5 N–H and O–H groups in total. The van der Waals surface area contributed by atoms with Crippen molar-refractivity contribution < 1.29 is 14.7 Å². The van der Waals surface area contributed by atoms with Crippen LogP contribution in [0, 0.1) is 0 Å². The van der Waals surface area contributed by atoms with Crippen LogP contribution in [0.2, 0.25) is 0 Å². The minimum atomic E-state index is -1.02. The number of aromatic amines is 2. The van der Waals surface area contributed by atoms with Gasteiger partial charge >= 0.3 is 5.69 Å². The largest absolute Gasteiger partial charge is 0.501 e. The Morgan fingerprint density at radius 3 is 2.04 bits per heavy atom. The predicted octanol–water partition coefficient (Wildman–Crippen LogP) is 0.240. The summed E-state index contributed by atoms with van der Waals surface area (Å²) >= 11 is 0. The van der Waals surface area contributed by atoms with Crippen molar-refractivity contribution in [2.24, 2.45) is 0 Å². The first kappa shape index (κ1) is 18.4. The molecule has 27 heavy (non-hydrogen) atoms. The Morgan fingerprint density at radius 1 is 0.889 bits per heavy atom. The summed E-state index contributed by atoms with van der Waals surface area (Å²) in [6.45, 7) is 0. The molecular formula is C18H20N4O5. The lowest BCUT2D eigenvalue weighted by Crippen LogP contribution is -2.44. The topological polar surface area (TPSA) is 144 Å². The molecule has 0 radical (unpaired) electrons. The van der Waals surface area contributed by atoms with E-state index in [2.05, 4.69) is 15.6 Å². The molecule has 0 spiro atoms. The number of carbonyl (C=O) groups is 2. The normalized spacial score (nSPS) is 19.3. The molecule has 1 heterocycles. The number of H-pyrrole nitrogens is 2. The molecule has 2 amide bonds. The second-order valence-corrected chi connectivity index (χ2v) is 6.49. The Kier molecular flexibility index (Phi) is 5.39. The predicted molar refractivity (Wildman–Crippen MR) is 96.8 cm³/mol. The van der Waals surface area contributed by atoms with Crippen LogP contribution in [0.4, 0.5) is 0 Å². The summed E-state index contributed by atoms with van der Waals surface area (Å²) in [5, 5.41) is 15.3. The molecule has 1 aromatic heterocycles. The van der Waals surface area contributed by atoms with Crippen LogP contribution >= 0.6 is 0 Å². The van der Waals surface area contributed by atoms with Gasteiger partial charge in [0.05, 0.1) is 0 Å². The smallest absolute Gasteiger partial charge is 0.326 e. The van der Waals surface area contributed by atoms with Crippen LogP contribution in [0.3, 0.4) is 0 Å². The highest BCUT2D eigenvalue weighted by Crippen LogP contribution is 2.20. The molecule has 0 atom stereocenters. The van der Waals surface area contributed by atoms with Gasteiger partial charge in [0.2, 0.25) is 5.75 Å². The average Bonchev–Trinajstić information content (AvgIpc) is 2.66. The molecule has 1 aromatic carbocycles. The molecule has 0 aliphatic heterocycles. The van der Waals surface area contributed by atoms with E-state index in [4.69, 9.17) is 0 Å². The minimum absolute atomic E-state index is 0.0126. The van der Waals surface area contributed by atoms with Gasteiger partial charge in [0.1, 0.15) is 0 Å². The van der Waals surface area contributed by atoms with Gasteiger partial charge in [0.25, 0.3) is 17.4 Å². The van der Waals surface area contributed by atoms with Crippen molar-refractivity contribution in [1.29, 1.82) is 0 Å². The third-order valence-corrected chi connectivity index (χ3v) is 4.58. The minimum Gasteiger partial charge on any atom is -0.501 e. The number of amides is 2. The number of hydrogen-bond donors (Lipinski definition) is 5. The molecule has 1 aliphatic rings. The number of carbonyl (C=O) groups excluding carboxylic acids is 2. The molecule has 9 nitrogen and oxygen atoms in total. The first-order valence-corrected chi connectivity index (χ1v) is 8.66. The van der Waals surface area contributed by atoms with Crippen LogP contribution < -0.4 is 21.9 Å². The maximum atomic E-state index is 12.2. The van der Waals surface area contributed by atoms with E-state index in [1.165, 1.54) is 0 Å². The van der Waals surface area contributed by atoms with E-state index in [1.807, 2.05) is 11.1 Å². The highest BCUT2D eigenvalue weighted by molar-refractivity contribution is 5.95. The molecule has 0 bridgehead atoms. The number of aromatic nitrogens is 2. The van der Waals surface area contributed by atoms with E-state index in [9.17, 15) is 24.3 Å². The van der Waals surface area contributed by atoms with Crippen molar-refractivity contribution >= 4 is 11.8 Å². The zero-order valence-corrected chi connectivity index (χ0v) is 14.5. The van der Waals surface area contributed by atoms with Crippen LogP contribution in [0.5, 0.6) is 5.75 Å². The summed E-state index contributed by atoms with van der Waals surface area (Å²) < 4.78 is 0. The van der Waals surface area contributed by atoms with Crippen molar-refractivity contribution in [2.75, 3.05) is 0 Å². The Balaban J connectivity index is 1.54. The lowest BCUT2D eigenvalue weighted by Gasteiger charge is -2.29. The van der Waals surface area contributed by atoms with E-state index in [1.54, 1.807) is 24.3 Å². The number of benzene rings is 1. The van der Waals surface area contributed by atoms with Gasteiger partial charge < -0.3 is 15.7 Å². The molecule has 1 fully saturated rings. The van der Waals surface area contributed by atoms with Crippen LogP contribution in [0.1, 0.15) is 46.5 Å². The molecule has 0 saturated heterocycles. The summed E-state index contributed by atoms with van der Waals surface area (Å²) in [6, 6.07) is 8.77. The van der Waals surface area contributed by atoms with Crippen molar-refractivity contribution in [1.82, 2.24) is 20.6 Å². The van der Waals surface area contributed by atoms with Gasteiger partial charge in [-0.15, -0.1) is 0 Å². The molecule has 1 saturated carbocycles. The van der Waals surface area contributed by atoms with Crippen molar-refractivity contribution in [3.63, 3.8) is 0 Å². The van der Waals surface area contributed by atoms with Gasteiger partial charge in [-0.2, -0.15) is 0 Å². The molecule has 142 valence electrons. The fourth-order valence-corrected chi connectivity index (χ4v) is 3.14. The van der Waals surface area contributed by atoms with Crippen molar-refractivity contribution in [3.05, 3.63) is 62.4 Å². The highest BCUT2D eigenvalue weighted by atomic mass is 16.3. The molecule has 3 rings (SSSR count). The van der Waals surface area contributed by atoms with Gasteiger partial charge in [0.15, 0.2) is 5.69 Å². The average molecular weight is 372 g/mol. The van der Waals surface area contributed by atoms with Gasteiger partial charge in [-0.1, -0.05) is 18.2 Å². The maximum absolute atomic E-state index is 12.2. The highest BCUT2D eigenvalue weighted by Gasteiger charge is 2.25. The second-order valence-electron chi connectivity index (χ2n) is 6.49. The number of rotatable bonds is 4. The molecule has 2 aromatic rings. The van der Waals surface area contributed by atoms with E-state index in [0.717, 1.165) is 0 Å². The Morgan fingerprint density at radius 2 is 1.44 bits per heavy atom. The summed E-state index contributed by atoms with van der Waals surface area (Å²) in [7, 11) is 0. The Bertz CT molecular complexity index is 942. The number of hydrogen-bond acceptors (Lipinski definition) is 5. The van der Waals surface area contributed by atoms with E-state index >= 15 is 0 Å². The maximum Gasteiger partial charge on any atom is 0.326 e. The third kappa shape index (κ3) is 4.43. The van der Waals surface area contributed by atoms with Crippen LogP contribution in [-0.2, 0) is 0 Å². The van der Waals surface area contributed by atoms with Crippen LogP contribution in [-0.4, -0.2) is 39.0 Å². The third-order valence-electron chi connectivity index (χ3n) is 4.58. The zero-order chi connectivity index (χ0) is 19.4. The van der Waals surface area contributed by atoms with E-state index in [0.29, 0.717) is 31.2 Å². The van der Waals surface area contributed by atoms with Gasteiger partial charge in [-0.25, -0.2) is 4.79 Å². The monoisotopic (exact) mass is 372 g/mol. The van der Waals surface area contributed by atoms with Gasteiger partial charge in [0, 0.05) is 17.6 Å². The first-order chi connectivity index (χ1) is 12.9. The number of nitrogens with one attached hydrogen (secondary N) is 4. The summed E-state index contributed by atoms with van der Waals surface area (Å²) in [6.07, 6.45) is 2.61. The second kappa shape index (κ2) is 7.90. The summed E-state index contributed by atoms with van der Waals surface area (Å²) in [5.74, 6) is -1.67. The van der Waals surface area contributed by atoms with E-state index < -0.39 is 28.6 Å². The first-order valence-electron chi connectivity index (χ1n) is 8.66. The number of aromatic hydroxyl groups is 1. The van der Waals surface area contributed by atoms with Crippen molar-refractivity contribution in [2.45, 2.75) is 37.8 Å². The molecule has 1 aliphatic carbocycles. The molecule has 9 heteroatoms. The lowest BCUT2D eigenvalue weighted by molar-refractivity contribution is 0.0887. The Hall–Kier alpha value is -3.36. The van der Waals surface area contributed by atoms with Crippen LogP contribution in [0.15, 0.2) is 39.9 Å². The fraction of sp³-hybridized carbons (Fsp3) is 0.333. The molecule has 0 unspecified atom stereocenters. The van der Waals surface area contributed by atoms with Gasteiger partial charge in [-0.3, -0.25) is 24.4 Å². The zero-order valence-electron chi connectivity index (χ0n) is 14.5. The quantitative estimate of drug-likeness (QED) is 0.522. The van der Waals surface area contributed by atoms with Crippen LogP contribution in [0.25, 0.3) is 0 Å².